The van der Waals surface area contributed by atoms with Crippen LogP contribution in [0.2, 0.25) is 0 Å². The highest BCUT2D eigenvalue weighted by atomic mass is 19.3. The van der Waals surface area contributed by atoms with E-state index in [0.717, 1.165) is 29.7 Å². The Labute approximate surface area is 146 Å². The topological polar surface area (TPSA) is 114 Å². The number of hydrogen-bond acceptors (Lipinski definition) is 5. The van der Waals surface area contributed by atoms with Crippen LogP contribution in [0.1, 0.15) is 42.1 Å². The number of benzene rings is 1. The predicted octanol–water partition coefficient (Wildman–Crippen LogP) is 3.12. The number of carbonyl (C=O) groups excluding carboxylic acids is 1. The number of alkyl halides is 2. The molecule has 1 N–H and O–H groups in total. The molecule has 1 aromatic heterocycles. The molecule has 1 saturated carbocycles. The van der Waals surface area contributed by atoms with Crippen LogP contribution in [0, 0.1) is 21.4 Å². The summed E-state index contributed by atoms with van der Waals surface area (Å²) in [6.45, 7) is -0.450. The van der Waals surface area contributed by atoms with Gasteiger partial charge in [-0.05, 0) is 25.0 Å². The minimum Gasteiger partial charge on any atom is -0.323 e. The Kier molecular flexibility index (Phi) is 4.62. The van der Waals surface area contributed by atoms with E-state index < -0.39 is 23.8 Å². The molecule has 0 aliphatic heterocycles. The standard InChI is InChI=1S/C16H13F2N5O3/c17-16(18)14-6-13(9-1-2-9)21-22(14)8-15(24)20-12-4-3-11(23(25)26)5-10(12)7-19/h3-6,9,16H,1-2,8H2,(H,20,24). The second-order valence-electron chi connectivity index (χ2n) is 5.87. The molecule has 2 aromatic rings. The molecule has 0 bridgehead atoms. The largest absolute Gasteiger partial charge is 0.323 e. The van der Waals surface area contributed by atoms with E-state index >= 15 is 0 Å². The molecule has 134 valence electrons. The van der Waals surface area contributed by atoms with Gasteiger partial charge in [0, 0.05) is 18.1 Å². The molecular weight excluding hydrogens is 348 g/mol. The quantitative estimate of drug-likeness (QED) is 0.627. The van der Waals surface area contributed by atoms with E-state index in [1.807, 2.05) is 0 Å². The van der Waals surface area contributed by atoms with E-state index in [2.05, 4.69) is 10.4 Å². The lowest BCUT2D eigenvalue weighted by Gasteiger charge is -2.09. The third kappa shape index (κ3) is 3.66. The number of rotatable bonds is 6. The number of nitriles is 1. The number of amides is 1. The van der Waals surface area contributed by atoms with E-state index in [1.54, 1.807) is 6.07 Å². The summed E-state index contributed by atoms with van der Waals surface area (Å²) in [4.78, 5) is 22.2. The number of hydrogen-bond donors (Lipinski definition) is 1. The minimum absolute atomic E-state index is 0.0660. The van der Waals surface area contributed by atoms with Crippen LogP contribution >= 0.6 is 0 Å². The first-order chi connectivity index (χ1) is 12.4. The van der Waals surface area contributed by atoms with Crippen molar-refractivity contribution in [1.82, 2.24) is 9.78 Å². The maximum Gasteiger partial charge on any atom is 0.280 e. The summed E-state index contributed by atoms with van der Waals surface area (Å²) < 4.78 is 27.2. The van der Waals surface area contributed by atoms with E-state index in [-0.39, 0.29) is 28.6 Å². The first-order valence-corrected chi connectivity index (χ1v) is 7.73. The van der Waals surface area contributed by atoms with Crippen LogP contribution in [0.25, 0.3) is 0 Å². The Morgan fingerprint density at radius 3 is 2.77 bits per heavy atom. The van der Waals surface area contributed by atoms with Gasteiger partial charge >= 0.3 is 0 Å². The first kappa shape index (κ1) is 17.5. The van der Waals surface area contributed by atoms with Crippen LogP contribution in [-0.4, -0.2) is 20.6 Å². The molecule has 0 spiro atoms. The van der Waals surface area contributed by atoms with Gasteiger partial charge in [0.2, 0.25) is 5.91 Å². The summed E-state index contributed by atoms with van der Waals surface area (Å²) in [7, 11) is 0. The van der Waals surface area contributed by atoms with E-state index in [1.165, 1.54) is 12.1 Å². The second-order valence-corrected chi connectivity index (χ2v) is 5.87. The van der Waals surface area contributed by atoms with Crippen molar-refractivity contribution in [3.8, 4) is 6.07 Å². The SMILES string of the molecule is N#Cc1cc([N+](=O)[O-])ccc1NC(=O)Cn1nc(C2CC2)cc1C(F)F. The molecule has 0 saturated heterocycles. The Balaban J connectivity index is 1.77. The van der Waals surface area contributed by atoms with Crippen molar-refractivity contribution in [2.24, 2.45) is 0 Å². The highest BCUT2D eigenvalue weighted by molar-refractivity contribution is 5.92. The zero-order chi connectivity index (χ0) is 18.8. The lowest BCUT2D eigenvalue weighted by atomic mass is 10.1. The molecule has 3 rings (SSSR count). The van der Waals surface area contributed by atoms with Crippen LogP contribution in [0.3, 0.4) is 0 Å². The van der Waals surface area contributed by atoms with Crippen molar-refractivity contribution in [1.29, 1.82) is 5.26 Å². The fourth-order valence-electron chi connectivity index (χ4n) is 2.51. The maximum absolute atomic E-state index is 13.1. The van der Waals surface area contributed by atoms with Gasteiger partial charge in [-0.25, -0.2) is 8.78 Å². The number of halogens is 2. The molecule has 1 fully saturated rings. The van der Waals surface area contributed by atoms with Crippen molar-refractivity contribution in [3.05, 3.63) is 51.3 Å². The van der Waals surface area contributed by atoms with Gasteiger partial charge in [-0.15, -0.1) is 0 Å². The fraction of sp³-hybridized carbons (Fsp3) is 0.312. The number of nitrogens with one attached hydrogen (secondary N) is 1. The maximum atomic E-state index is 13.1. The molecule has 10 heteroatoms. The van der Waals surface area contributed by atoms with Gasteiger partial charge in [0.15, 0.2) is 0 Å². The highest BCUT2D eigenvalue weighted by Gasteiger charge is 2.29. The number of nitro groups is 1. The molecule has 1 aromatic carbocycles. The molecule has 8 nitrogen and oxygen atoms in total. The highest BCUT2D eigenvalue weighted by Crippen LogP contribution is 2.40. The van der Waals surface area contributed by atoms with Gasteiger partial charge in [-0.3, -0.25) is 19.6 Å². The molecule has 1 aliphatic rings. The summed E-state index contributed by atoms with van der Waals surface area (Å²) in [6.07, 6.45) is -0.989. The van der Waals surface area contributed by atoms with Gasteiger partial charge in [0.05, 0.1) is 21.9 Å². The molecular formula is C16H13F2N5O3. The molecule has 26 heavy (non-hydrogen) atoms. The van der Waals surface area contributed by atoms with E-state index in [0.29, 0.717) is 5.69 Å². The van der Waals surface area contributed by atoms with Gasteiger partial charge < -0.3 is 5.32 Å². The zero-order valence-corrected chi connectivity index (χ0v) is 13.4. The fourth-order valence-corrected chi connectivity index (χ4v) is 2.51. The first-order valence-electron chi connectivity index (χ1n) is 7.73. The molecule has 0 unspecified atom stereocenters. The van der Waals surface area contributed by atoms with Crippen LogP contribution in [0.5, 0.6) is 0 Å². The average molecular weight is 361 g/mol. The monoisotopic (exact) mass is 361 g/mol. The number of aromatic nitrogens is 2. The Bertz CT molecular complexity index is 915. The lowest BCUT2D eigenvalue weighted by molar-refractivity contribution is -0.384. The minimum atomic E-state index is -2.77. The molecule has 0 atom stereocenters. The van der Waals surface area contributed by atoms with Crippen molar-refractivity contribution >= 4 is 17.3 Å². The summed E-state index contributed by atoms with van der Waals surface area (Å²) in [5, 5.41) is 26.3. The van der Waals surface area contributed by atoms with Crippen molar-refractivity contribution in [2.45, 2.75) is 31.7 Å². The van der Waals surface area contributed by atoms with Gasteiger partial charge in [0.1, 0.15) is 18.3 Å². The van der Waals surface area contributed by atoms with Crippen molar-refractivity contribution in [2.75, 3.05) is 5.32 Å². The molecule has 1 amide bonds. The Morgan fingerprint density at radius 1 is 1.46 bits per heavy atom. The molecule has 1 aliphatic carbocycles. The van der Waals surface area contributed by atoms with Crippen molar-refractivity contribution < 1.29 is 18.5 Å². The molecule has 1 heterocycles. The lowest BCUT2D eigenvalue weighted by Crippen LogP contribution is -2.21. The number of non-ortho nitro benzene ring substituents is 1. The third-order valence-electron chi connectivity index (χ3n) is 3.95. The molecule has 0 radical (unpaired) electrons. The zero-order valence-electron chi connectivity index (χ0n) is 13.4. The van der Waals surface area contributed by atoms with Crippen LogP contribution in [0.4, 0.5) is 20.2 Å². The summed E-state index contributed by atoms with van der Waals surface area (Å²) in [5.74, 6) is -0.501. The summed E-state index contributed by atoms with van der Waals surface area (Å²) >= 11 is 0. The Hall–Kier alpha value is -3.35. The van der Waals surface area contributed by atoms with Gasteiger partial charge in [-0.2, -0.15) is 10.4 Å². The normalized spacial score (nSPS) is 13.5. The number of anilines is 1. The van der Waals surface area contributed by atoms with Crippen LogP contribution in [0.15, 0.2) is 24.3 Å². The number of nitrogens with zero attached hydrogens (tertiary/aromatic N) is 4. The summed E-state index contributed by atoms with van der Waals surface area (Å²) in [6, 6.07) is 6.45. The smallest absolute Gasteiger partial charge is 0.280 e. The van der Waals surface area contributed by atoms with E-state index in [9.17, 15) is 23.7 Å². The van der Waals surface area contributed by atoms with Crippen LogP contribution in [-0.2, 0) is 11.3 Å². The van der Waals surface area contributed by atoms with Gasteiger partial charge in [-0.1, -0.05) is 0 Å². The second kappa shape index (κ2) is 6.87. The average Bonchev–Trinajstić information content (AvgIpc) is 3.35. The number of carbonyl (C=O) groups is 1. The van der Waals surface area contributed by atoms with Crippen LogP contribution < -0.4 is 5.32 Å². The third-order valence-corrected chi connectivity index (χ3v) is 3.95. The number of nitro benzene ring substituents is 1. The predicted molar refractivity (Wildman–Crippen MR) is 85.6 cm³/mol. The summed E-state index contributed by atoms with van der Waals surface area (Å²) in [5.41, 5.74) is -0.120. The Morgan fingerprint density at radius 2 is 2.19 bits per heavy atom. The van der Waals surface area contributed by atoms with E-state index in [4.69, 9.17) is 5.26 Å². The van der Waals surface area contributed by atoms with Gasteiger partial charge in [0.25, 0.3) is 12.1 Å². The van der Waals surface area contributed by atoms with Crippen molar-refractivity contribution in [3.63, 3.8) is 0 Å².